The molecule has 3 aromatic carbocycles. The number of carbonyl (C=O) groups is 2. The van der Waals surface area contributed by atoms with Crippen LogP contribution in [0.2, 0.25) is 0 Å². The van der Waals surface area contributed by atoms with E-state index >= 15 is 0 Å². The van der Waals surface area contributed by atoms with Crippen molar-refractivity contribution in [3.8, 4) is 5.75 Å². The van der Waals surface area contributed by atoms with Gasteiger partial charge < -0.3 is 19.2 Å². The molecular formula is C30H24N2O7. The molecule has 1 aliphatic heterocycles. The van der Waals surface area contributed by atoms with Crippen LogP contribution in [0.5, 0.6) is 5.75 Å². The molecule has 39 heavy (non-hydrogen) atoms. The van der Waals surface area contributed by atoms with Crippen LogP contribution in [0.3, 0.4) is 0 Å². The number of ether oxygens (including phenoxy) is 1. The molecule has 9 heteroatoms. The molecule has 1 fully saturated rings. The quantitative estimate of drug-likeness (QED) is 0.103. The predicted octanol–water partition coefficient (Wildman–Crippen LogP) is 5.70. The fourth-order valence-corrected chi connectivity index (χ4v) is 4.60. The number of aliphatic hydroxyl groups is 1. The molecule has 0 saturated carbocycles. The highest BCUT2D eigenvalue weighted by Gasteiger charge is 2.46. The smallest absolute Gasteiger partial charge is 0.296 e. The number of furan rings is 1. The third-order valence-electron chi connectivity index (χ3n) is 6.46. The van der Waals surface area contributed by atoms with Crippen LogP contribution in [0.15, 0.2) is 101 Å². The van der Waals surface area contributed by atoms with E-state index in [9.17, 15) is 24.8 Å². The number of ketones is 1. The van der Waals surface area contributed by atoms with Crippen molar-refractivity contribution >= 4 is 23.1 Å². The van der Waals surface area contributed by atoms with Gasteiger partial charge in [0.15, 0.2) is 0 Å². The zero-order valence-corrected chi connectivity index (χ0v) is 20.9. The van der Waals surface area contributed by atoms with Crippen LogP contribution in [0.1, 0.15) is 34.1 Å². The van der Waals surface area contributed by atoms with Gasteiger partial charge in [0, 0.05) is 17.7 Å². The Morgan fingerprint density at radius 3 is 2.49 bits per heavy atom. The highest BCUT2D eigenvalue weighted by molar-refractivity contribution is 6.46. The molecule has 1 aliphatic rings. The maximum Gasteiger partial charge on any atom is 0.296 e. The fraction of sp³-hybridized carbons (Fsp3) is 0.133. The number of hydrogen-bond donors (Lipinski definition) is 1. The van der Waals surface area contributed by atoms with Gasteiger partial charge in [-0.25, -0.2) is 0 Å². The van der Waals surface area contributed by atoms with Gasteiger partial charge >= 0.3 is 0 Å². The number of rotatable bonds is 8. The zero-order valence-electron chi connectivity index (χ0n) is 20.9. The van der Waals surface area contributed by atoms with E-state index in [-0.39, 0.29) is 17.8 Å². The Labute approximate surface area is 223 Å². The van der Waals surface area contributed by atoms with Crippen molar-refractivity contribution in [2.24, 2.45) is 0 Å². The van der Waals surface area contributed by atoms with Crippen molar-refractivity contribution in [1.82, 2.24) is 4.90 Å². The predicted molar refractivity (Wildman–Crippen MR) is 142 cm³/mol. The van der Waals surface area contributed by atoms with Crippen molar-refractivity contribution in [2.75, 3.05) is 0 Å². The van der Waals surface area contributed by atoms with E-state index in [4.69, 9.17) is 9.15 Å². The Morgan fingerprint density at radius 1 is 1.03 bits per heavy atom. The summed E-state index contributed by atoms with van der Waals surface area (Å²) < 4.78 is 11.2. The van der Waals surface area contributed by atoms with Gasteiger partial charge in [0.05, 0.1) is 29.3 Å². The molecule has 1 amide bonds. The second kappa shape index (κ2) is 10.7. The van der Waals surface area contributed by atoms with E-state index < -0.39 is 28.4 Å². The first-order valence-electron chi connectivity index (χ1n) is 12.2. The second-order valence-electron chi connectivity index (χ2n) is 9.16. The van der Waals surface area contributed by atoms with Crippen LogP contribution >= 0.6 is 0 Å². The number of Topliss-reactive ketones (excluding diaryl/α,β-unsaturated/α-hetero) is 1. The van der Waals surface area contributed by atoms with Crippen LogP contribution in [0.25, 0.3) is 5.76 Å². The van der Waals surface area contributed by atoms with E-state index in [2.05, 4.69) is 0 Å². The molecule has 0 bridgehead atoms. The maximum absolute atomic E-state index is 13.2. The number of benzene rings is 3. The molecule has 1 N–H and O–H groups in total. The van der Waals surface area contributed by atoms with E-state index in [0.717, 1.165) is 11.1 Å². The van der Waals surface area contributed by atoms with Crippen LogP contribution in [0.4, 0.5) is 5.69 Å². The summed E-state index contributed by atoms with van der Waals surface area (Å²) in [5.74, 6) is -1.15. The fourth-order valence-electron chi connectivity index (χ4n) is 4.60. The number of aliphatic hydroxyl groups excluding tert-OH is 1. The molecule has 0 aliphatic carbocycles. The van der Waals surface area contributed by atoms with Gasteiger partial charge in [0.1, 0.15) is 23.9 Å². The highest BCUT2D eigenvalue weighted by Crippen LogP contribution is 2.41. The van der Waals surface area contributed by atoms with Crippen LogP contribution in [-0.2, 0) is 22.7 Å². The van der Waals surface area contributed by atoms with E-state index in [0.29, 0.717) is 29.2 Å². The Hall–Kier alpha value is -5.18. The molecule has 2 heterocycles. The average Bonchev–Trinajstić information content (AvgIpc) is 3.54. The molecule has 9 nitrogen and oxygen atoms in total. The molecule has 0 radical (unpaired) electrons. The van der Waals surface area contributed by atoms with E-state index in [1.807, 2.05) is 31.2 Å². The van der Waals surface area contributed by atoms with Gasteiger partial charge in [0.2, 0.25) is 0 Å². The van der Waals surface area contributed by atoms with Crippen LogP contribution in [0, 0.1) is 17.0 Å². The van der Waals surface area contributed by atoms with Crippen LogP contribution in [-0.4, -0.2) is 26.6 Å². The van der Waals surface area contributed by atoms with E-state index in [1.54, 1.807) is 42.5 Å². The summed E-state index contributed by atoms with van der Waals surface area (Å²) >= 11 is 0. The number of carbonyl (C=O) groups excluding carboxylic acids is 2. The standard InChI is InChI=1S/C30H24N2O7/c1-19-5-2-6-20(15-19)18-39-24-12-10-21(11-13-24)28(33)26-27(22-7-3-8-23(16-22)32(36)37)31(30(35)29(26)34)17-25-9-4-14-38-25/h2-16,27,33H,17-18H2,1H3/b28-26+/t27-/m1/s1. The molecule has 1 atom stereocenters. The van der Waals surface area contributed by atoms with Crippen molar-refractivity contribution in [2.45, 2.75) is 26.1 Å². The highest BCUT2D eigenvalue weighted by atomic mass is 16.6. The first kappa shape index (κ1) is 25.5. The summed E-state index contributed by atoms with van der Waals surface area (Å²) in [6.45, 7) is 2.30. The summed E-state index contributed by atoms with van der Waals surface area (Å²) in [7, 11) is 0. The number of hydrogen-bond acceptors (Lipinski definition) is 7. The minimum Gasteiger partial charge on any atom is -0.507 e. The topological polar surface area (TPSA) is 123 Å². The minimum absolute atomic E-state index is 0.0621. The van der Waals surface area contributed by atoms with Crippen molar-refractivity contribution < 1.29 is 28.8 Å². The summed E-state index contributed by atoms with van der Waals surface area (Å²) in [5.41, 5.74) is 2.37. The molecule has 0 spiro atoms. The number of nitro groups is 1. The number of nitrogens with zero attached hydrogens (tertiary/aromatic N) is 2. The summed E-state index contributed by atoms with van der Waals surface area (Å²) in [6, 6.07) is 22.3. The minimum atomic E-state index is -1.06. The Morgan fingerprint density at radius 2 is 1.79 bits per heavy atom. The van der Waals surface area contributed by atoms with Gasteiger partial charge in [-0.3, -0.25) is 19.7 Å². The SMILES string of the molecule is Cc1cccc(COc2ccc(/C(O)=C3\C(=O)C(=O)N(Cc4ccco4)[C@@H]3c3cccc([N+](=O)[O-])c3)cc2)c1. The molecule has 196 valence electrons. The van der Waals surface area contributed by atoms with Gasteiger partial charge in [-0.1, -0.05) is 42.0 Å². The van der Waals surface area contributed by atoms with Gasteiger partial charge in [-0.2, -0.15) is 0 Å². The number of amides is 1. The first-order chi connectivity index (χ1) is 18.8. The lowest BCUT2D eigenvalue weighted by Crippen LogP contribution is -2.29. The lowest BCUT2D eigenvalue weighted by atomic mass is 9.95. The third-order valence-corrected chi connectivity index (χ3v) is 6.46. The molecule has 5 rings (SSSR count). The molecule has 1 saturated heterocycles. The average molecular weight is 525 g/mol. The van der Waals surface area contributed by atoms with Gasteiger partial charge in [-0.15, -0.1) is 0 Å². The second-order valence-corrected chi connectivity index (χ2v) is 9.16. The zero-order chi connectivity index (χ0) is 27.5. The number of non-ortho nitro benzene ring substituents is 1. The lowest BCUT2D eigenvalue weighted by molar-refractivity contribution is -0.384. The van der Waals surface area contributed by atoms with E-state index in [1.165, 1.54) is 29.4 Å². The van der Waals surface area contributed by atoms with Gasteiger partial charge in [-0.05, 0) is 54.4 Å². The van der Waals surface area contributed by atoms with Gasteiger partial charge in [0.25, 0.3) is 17.4 Å². The lowest BCUT2D eigenvalue weighted by Gasteiger charge is -2.24. The normalized spacial score (nSPS) is 16.4. The monoisotopic (exact) mass is 524 g/mol. The Kier molecular flexibility index (Phi) is 6.96. The summed E-state index contributed by atoms with van der Waals surface area (Å²) in [4.78, 5) is 38.4. The number of nitro benzene ring substituents is 1. The molecule has 0 unspecified atom stereocenters. The third kappa shape index (κ3) is 5.28. The molecular weight excluding hydrogens is 500 g/mol. The van der Waals surface area contributed by atoms with Crippen molar-refractivity contribution in [3.05, 3.63) is 135 Å². The molecule has 4 aromatic rings. The molecule has 1 aromatic heterocycles. The maximum atomic E-state index is 13.2. The Balaban J connectivity index is 1.49. The number of likely N-dealkylation sites (tertiary alicyclic amines) is 1. The van der Waals surface area contributed by atoms with Crippen molar-refractivity contribution in [3.63, 3.8) is 0 Å². The Bertz CT molecular complexity index is 1570. The largest absolute Gasteiger partial charge is 0.507 e. The summed E-state index contributed by atoms with van der Waals surface area (Å²) in [5, 5.41) is 22.7. The number of aryl methyl sites for hydroxylation is 1. The van der Waals surface area contributed by atoms with Crippen LogP contribution < -0.4 is 4.74 Å². The summed E-state index contributed by atoms with van der Waals surface area (Å²) in [6.07, 6.45) is 1.44. The van der Waals surface area contributed by atoms with Crippen molar-refractivity contribution in [1.29, 1.82) is 0 Å². The first-order valence-corrected chi connectivity index (χ1v) is 12.2.